The Morgan fingerprint density at radius 3 is 2.43 bits per heavy atom. The van der Waals surface area contributed by atoms with Gasteiger partial charge in [-0.05, 0) is 42.3 Å². The smallest absolute Gasteiger partial charge is 0.182 e. The lowest BCUT2D eigenvalue weighted by atomic mass is 10.0. The van der Waals surface area contributed by atoms with Gasteiger partial charge in [0.05, 0.1) is 11.4 Å². The van der Waals surface area contributed by atoms with Crippen LogP contribution in [-0.2, 0) is 14.1 Å². The predicted octanol–water partition coefficient (Wildman–Crippen LogP) is 2.74. The van der Waals surface area contributed by atoms with Crippen molar-refractivity contribution in [3.05, 3.63) is 48.5 Å². The van der Waals surface area contributed by atoms with E-state index >= 15 is 0 Å². The molecule has 0 atom stereocenters. The average molecular weight is 304 g/mol. The van der Waals surface area contributed by atoms with Crippen LogP contribution in [0.3, 0.4) is 0 Å². The van der Waals surface area contributed by atoms with E-state index in [1.165, 1.54) is 0 Å². The molecule has 0 aromatic carbocycles. The highest BCUT2D eigenvalue weighted by Gasteiger charge is 2.16. The highest BCUT2D eigenvalue weighted by molar-refractivity contribution is 5.96. The van der Waals surface area contributed by atoms with Crippen LogP contribution in [0.1, 0.15) is 5.69 Å². The molecule has 6 heteroatoms. The van der Waals surface area contributed by atoms with Crippen LogP contribution < -0.4 is 0 Å². The summed E-state index contributed by atoms with van der Waals surface area (Å²) in [5.41, 5.74) is 5.88. The Balaban J connectivity index is 2.08. The maximum atomic E-state index is 4.74. The molecule has 114 valence electrons. The Bertz CT molecular complexity index is 997. The Labute approximate surface area is 133 Å². The van der Waals surface area contributed by atoms with E-state index in [9.17, 15) is 0 Å². The quantitative estimate of drug-likeness (QED) is 0.571. The summed E-state index contributed by atoms with van der Waals surface area (Å²) < 4.78 is 3.69. The molecule has 0 bridgehead atoms. The van der Waals surface area contributed by atoms with Crippen molar-refractivity contribution in [1.29, 1.82) is 0 Å². The second-order valence-corrected chi connectivity index (χ2v) is 5.54. The van der Waals surface area contributed by atoms with Crippen molar-refractivity contribution < 1.29 is 0 Å². The minimum absolute atomic E-state index is 0.746. The van der Waals surface area contributed by atoms with E-state index in [1.54, 1.807) is 18.6 Å². The van der Waals surface area contributed by atoms with Gasteiger partial charge in [-0.15, -0.1) is 0 Å². The molecule has 6 nitrogen and oxygen atoms in total. The zero-order valence-corrected chi connectivity index (χ0v) is 13.2. The molecule has 4 aromatic heterocycles. The van der Waals surface area contributed by atoms with Crippen molar-refractivity contribution in [1.82, 2.24) is 29.5 Å². The lowest BCUT2D eigenvalue weighted by Crippen LogP contribution is -1.96. The maximum absolute atomic E-state index is 4.74. The fourth-order valence-electron chi connectivity index (χ4n) is 2.86. The van der Waals surface area contributed by atoms with Gasteiger partial charge >= 0.3 is 0 Å². The lowest BCUT2D eigenvalue weighted by Gasteiger charge is -2.08. The molecule has 0 amide bonds. The zero-order valence-electron chi connectivity index (χ0n) is 13.2. The van der Waals surface area contributed by atoms with Crippen molar-refractivity contribution in [3.63, 3.8) is 0 Å². The summed E-state index contributed by atoms with van der Waals surface area (Å²) in [6, 6.07) is 8.08. The van der Waals surface area contributed by atoms with Crippen molar-refractivity contribution >= 4 is 11.0 Å². The summed E-state index contributed by atoms with van der Waals surface area (Å²) >= 11 is 0. The SMILES string of the molecule is Cc1c2c(-c3ccncc3)cc(-c3ccnn3C)nc2nn1C. The third kappa shape index (κ3) is 2.11. The number of pyridine rings is 2. The van der Waals surface area contributed by atoms with Crippen LogP contribution in [0, 0.1) is 6.92 Å². The van der Waals surface area contributed by atoms with Gasteiger partial charge in [-0.25, -0.2) is 4.98 Å². The van der Waals surface area contributed by atoms with Gasteiger partial charge in [0.15, 0.2) is 5.65 Å². The van der Waals surface area contributed by atoms with E-state index in [-0.39, 0.29) is 0 Å². The number of aryl methyl sites for hydroxylation is 3. The van der Waals surface area contributed by atoms with Gasteiger partial charge in [0, 0.05) is 43.8 Å². The first-order valence-electron chi connectivity index (χ1n) is 7.38. The molecule has 0 saturated carbocycles. The number of fused-ring (bicyclic) bond motifs is 1. The second kappa shape index (κ2) is 5.01. The summed E-state index contributed by atoms with van der Waals surface area (Å²) in [5.74, 6) is 0. The summed E-state index contributed by atoms with van der Waals surface area (Å²) in [6.45, 7) is 2.06. The third-order valence-corrected chi connectivity index (χ3v) is 4.17. The van der Waals surface area contributed by atoms with E-state index < -0.39 is 0 Å². The minimum atomic E-state index is 0.746. The normalized spacial score (nSPS) is 11.3. The Kier molecular flexibility index (Phi) is 2.97. The summed E-state index contributed by atoms with van der Waals surface area (Å²) in [7, 11) is 3.86. The van der Waals surface area contributed by atoms with Crippen LogP contribution >= 0.6 is 0 Å². The first kappa shape index (κ1) is 13.6. The van der Waals surface area contributed by atoms with Gasteiger partial charge in [-0.3, -0.25) is 14.3 Å². The van der Waals surface area contributed by atoms with Crippen LogP contribution in [0.15, 0.2) is 42.9 Å². The second-order valence-electron chi connectivity index (χ2n) is 5.54. The zero-order chi connectivity index (χ0) is 16.0. The van der Waals surface area contributed by atoms with Crippen LogP contribution in [0.4, 0.5) is 0 Å². The number of aromatic nitrogens is 6. The number of hydrogen-bond donors (Lipinski definition) is 0. The monoisotopic (exact) mass is 304 g/mol. The van der Waals surface area contributed by atoms with E-state index in [0.29, 0.717) is 0 Å². The average Bonchev–Trinajstić information content (AvgIpc) is 3.11. The van der Waals surface area contributed by atoms with E-state index in [2.05, 4.69) is 28.2 Å². The minimum Gasteiger partial charge on any atom is -0.270 e. The van der Waals surface area contributed by atoms with Gasteiger partial charge in [-0.1, -0.05) is 0 Å². The Morgan fingerprint density at radius 1 is 0.957 bits per heavy atom. The molecular weight excluding hydrogens is 288 g/mol. The molecule has 0 aliphatic heterocycles. The molecule has 0 fully saturated rings. The first-order chi connectivity index (χ1) is 11.1. The summed E-state index contributed by atoms with van der Waals surface area (Å²) in [4.78, 5) is 8.85. The van der Waals surface area contributed by atoms with Crippen molar-refractivity contribution in [2.75, 3.05) is 0 Å². The fraction of sp³-hybridized carbons (Fsp3) is 0.176. The molecular formula is C17H16N6. The standard InChI is InChI=1S/C17H16N6/c1-11-16-13(12-4-7-18-8-5-12)10-14(15-6-9-19-23(15)3)20-17(16)21-22(11)2/h4-10H,1-3H3. The summed E-state index contributed by atoms with van der Waals surface area (Å²) in [6.07, 6.45) is 5.38. The molecule has 4 heterocycles. The Morgan fingerprint density at radius 2 is 1.74 bits per heavy atom. The largest absolute Gasteiger partial charge is 0.270 e. The van der Waals surface area contributed by atoms with E-state index in [0.717, 1.165) is 39.2 Å². The van der Waals surface area contributed by atoms with Crippen LogP contribution in [-0.4, -0.2) is 29.5 Å². The van der Waals surface area contributed by atoms with Gasteiger partial charge in [0.25, 0.3) is 0 Å². The van der Waals surface area contributed by atoms with E-state index in [1.807, 2.05) is 41.7 Å². The predicted molar refractivity (Wildman–Crippen MR) is 88.7 cm³/mol. The lowest BCUT2D eigenvalue weighted by molar-refractivity contribution is 0.747. The van der Waals surface area contributed by atoms with Crippen LogP contribution in [0.25, 0.3) is 33.5 Å². The highest BCUT2D eigenvalue weighted by Crippen LogP contribution is 2.33. The molecule has 0 saturated heterocycles. The van der Waals surface area contributed by atoms with Gasteiger partial charge in [0.1, 0.15) is 0 Å². The molecule has 0 unspecified atom stereocenters. The number of rotatable bonds is 2. The number of hydrogen-bond acceptors (Lipinski definition) is 4. The van der Waals surface area contributed by atoms with Crippen molar-refractivity contribution in [2.45, 2.75) is 6.92 Å². The molecule has 0 N–H and O–H groups in total. The van der Waals surface area contributed by atoms with Crippen molar-refractivity contribution in [2.24, 2.45) is 14.1 Å². The van der Waals surface area contributed by atoms with Crippen molar-refractivity contribution in [3.8, 4) is 22.5 Å². The van der Waals surface area contributed by atoms with Crippen LogP contribution in [0.2, 0.25) is 0 Å². The van der Waals surface area contributed by atoms with Gasteiger partial charge in [-0.2, -0.15) is 10.2 Å². The van der Waals surface area contributed by atoms with Gasteiger partial charge in [0.2, 0.25) is 0 Å². The molecule has 0 radical (unpaired) electrons. The molecule has 4 aromatic rings. The maximum Gasteiger partial charge on any atom is 0.182 e. The highest BCUT2D eigenvalue weighted by atomic mass is 15.3. The molecule has 0 spiro atoms. The number of nitrogens with zero attached hydrogens (tertiary/aromatic N) is 6. The third-order valence-electron chi connectivity index (χ3n) is 4.17. The first-order valence-corrected chi connectivity index (χ1v) is 7.38. The molecule has 4 rings (SSSR count). The molecule has 0 aliphatic carbocycles. The fourth-order valence-corrected chi connectivity index (χ4v) is 2.86. The molecule has 0 aliphatic rings. The summed E-state index contributed by atoms with van der Waals surface area (Å²) in [5, 5.41) is 9.87. The topological polar surface area (TPSA) is 61.4 Å². The Hall–Kier alpha value is -3.02. The molecule has 23 heavy (non-hydrogen) atoms. The van der Waals surface area contributed by atoms with E-state index in [4.69, 9.17) is 4.98 Å². The van der Waals surface area contributed by atoms with Gasteiger partial charge < -0.3 is 0 Å². The van der Waals surface area contributed by atoms with Crippen LogP contribution in [0.5, 0.6) is 0 Å².